The molecule has 0 aromatic heterocycles. The first-order valence-electron chi connectivity index (χ1n) is 7.80. The van der Waals surface area contributed by atoms with E-state index in [1.54, 1.807) is 0 Å². The van der Waals surface area contributed by atoms with Crippen molar-refractivity contribution >= 4 is 5.91 Å². The van der Waals surface area contributed by atoms with Crippen molar-refractivity contribution in [2.24, 2.45) is 0 Å². The van der Waals surface area contributed by atoms with Crippen molar-refractivity contribution in [1.29, 1.82) is 0 Å². The number of likely N-dealkylation sites (N-methyl/N-ethyl adjacent to an activating group) is 1. The van der Waals surface area contributed by atoms with Gasteiger partial charge < -0.3 is 14.5 Å². The number of aryl methyl sites for hydroxylation is 2. The maximum absolute atomic E-state index is 12.1. The zero-order chi connectivity index (χ0) is 15.2. The molecular weight excluding hydrogens is 264 g/mol. The molecule has 0 aliphatic carbocycles. The number of ether oxygens (including phenoxy) is 1. The van der Waals surface area contributed by atoms with Crippen LogP contribution in [0.25, 0.3) is 0 Å². The minimum absolute atomic E-state index is 0.204. The fourth-order valence-electron chi connectivity index (χ4n) is 2.68. The number of hydrogen-bond acceptors (Lipinski definition) is 3. The van der Waals surface area contributed by atoms with Gasteiger partial charge in [0.05, 0.1) is 13.0 Å². The molecule has 1 fully saturated rings. The topological polar surface area (TPSA) is 32.8 Å². The predicted molar refractivity (Wildman–Crippen MR) is 84.7 cm³/mol. The Morgan fingerprint density at radius 1 is 1.19 bits per heavy atom. The molecule has 0 spiro atoms. The van der Waals surface area contributed by atoms with Crippen LogP contribution in [0.2, 0.25) is 0 Å². The average molecular weight is 290 g/mol. The number of rotatable bonds is 5. The maximum atomic E-state index is 12.1. The molecule has 1 aliphatic rings. The number of amides is 1. The van der Waals surface area contributed by atoms with E-state index in [1.165, 1.54) is 5.56 Å². The van der Waals surface area contributed by atoms with Crippen molar-refractivity contribution in [2.75, 3.05) is 39.3 Å². The third kappa shape index (κ3) is 4.46. The second-order valence-electron chi connectivity index (χ2n) is 5.68. The smallest absolute Gasteiger partial charge is 0.226 e. The van der Waals surface area contributed by atoms with Gasteiger partial charge in [-0.25, -0.2) is 0 Å². The lowest BCUT2D eigenvalue weighted by atomic mass is 10.1. The van der Waals surface area contributed by atoms with Crippen molar-refractivity contribution in [3.05, 3.63) is 29.3 Å². The fraction of sp³-hybridized carbons (Fsp3) is 0.588. The van der Waals surface area contributed by atoms with Crippen LogP contribution in [0.5, 0.6) is 5.75 Å². The summed E-state index contributed by atoms with van der Waals surface area (Å²) >= 11 is 0. The van der Waals surface area contributed by atoms with Gasteiger partial charge in [-0.2, -0.15) is 0 Å². The summed E-state index contributed by atoms with van der Waals surface area (Å²) in [6.45, 7) is 11.4. The molecule has 4 heteroatoms. The Bertz CT molecular complexity index is 480. The number of piperazine rings is 1. The third-order valence-corrected chi connectivity index (χ3v) is 4.08. The minimum atomic E-state index is 0.204. The second-order valence-corrected chi connectivity index (χ2v) is 5.68. The second kappa shape index (κ2) is 7.46. The van der Waals surface area contributed by atoms with Crippen molar-refractivity contribution in [3.63, 3.8) is 0 Å². The van der Waals surface area contributed by atoms with Crippen molar-refractivity contribution in [3.8, 4) is 5.75 Å². The van der Waals surface area contributed by atoms with Crippen LogP contribution in [0.4, 0.5) is 0 Å². The molecule has 1 aliphatic heterocycles. The van der Waals surface area contributed by atoms with Crippen LogP contribution in [0.15, 0.2) is 18.2 Å². The number of carbonyl (C=O) groups is 1. The van der Waals surface area contributed by atoms with Crippen LogP contribution in [-0.2, 0) is 4.79 Å². The molecule has 0 unspecified atom stereocenters. The van der Waals surface area contributed by atoms with Crippen LogP contribution in [0, 0.1) is 13.8 Å². The van der Waals surface area contributed by atoms with E-state index in [0.29, 0.717) is 13.0 Å². The monoisotopic (exact) mass is 290 g/mol. The molecule has 1 amide bonds. The molecule has 2 rings (SSSR count). The number of hydrogen-bond donors (Lipinski definition) is 0. The molecule has 1 saturated heterocycles. The summed E-state index contributed by atoms with van der Waals surface area (Å²) in [5.41, 5.74) is 2.35. The van der Waals surface area contributed by atoms with Crippen LogP contribution in [0.3, 0.4) is 0 Å². The van der Waals surface area contributed by atoms with Gasteiger partial charge in [0.25, 0.3) is 0 Å². The summed E-state index contributed by atoms with van der Waals surface area (Å²) < 4.78 is 5.74. The van der Waals surface area contributed by atoms with Gasteiger partial charge >= 0.3 is 0 Å². The molecule has 4 nitrogen and oxygen atoms in total. The quantitative estimate of drug-likeness (QED) is 0.834. The van der Waals surface area contributed by atoms with E-state index in [0.717, 1.165) is 44.0 Å². The van der Waals surface area contributed by atoms with Gasteiger partial charge in [-0.1, -0.05) is 24.6 Å². The van der Waals surface area contributed by atoms with Crippen LogP contribution in [0.1, 0.15) is 24.5 Å². The Labute approximate surface area is 127 Å². The largest absolute Gasteiger partial charge is 0.493 e. The summed E-state index contributed by atoms with van der Waals surface area (Å²) in [5.74, 6) is 1.08. The summed E-state index contributed by atoms with van der Waals surface area (Å²) in [7, 11) is 0. The zero-order valence-electron chi connectivity index (χ0n) is 13.4. The third-order valence-electron chi connectivity index (χ3n) is 4.08. The Morgan fingerprint density at radius 3 is 2.52 bits per heavy atom. The molecule has 0 atom stereocenters. The molecule has 1 heterocycles. The lowest BCUT2D eigenvalue weighted by Crippen LogP contribution is -2.48. The van der Waals surface area contributed by atoms with Gasteiger partial charge in [-0.15, -0.1) is 0 Å². The summed E-state index contributed by atoms with van der Waals surface area (Å²) in [6, 6.07) is 6.12. The molecule has 1 aromatic rings. The van der Waals surface area contributed by atoms with Gasteiger partial charge in [0.15, 0.2) is 0 Å². The van der Waals surface area contributed by atoms with Crippen molar-refractivity contribution in [1.82, 2.24) is 9.80 Å². The molecular formula is C17H26N2O2. The maximum Gasteiger partial charge on any atom is 0.226 e. The van der Waals surface area contributed by atoms with Crippen LogP contribution >= 0.6 is 0 Å². The summed E-state index contributed by atoms with van der Waals surface area (Å²) in [6.07, 6.45) is 0.458. The molecule has 0 N–H and O–H groups in total. The molecule has 1 aromatic carbocycles. The van der Waals surface area contributed by atoms with E-state index in [2.05, 4.69) is 24.8 Å². The molecule has 0 radical (unpaired) electrons. The Morgan fingerprint density at radius 2 is 1.90 bits per heavy atom. The van der Waals surface area contributed by atoms with Gasteiger partial charge in [-0.3, -0.25) is 4.79 Å². The first-order valence-corrected chi connectivity index (χ1v) is 7.80. The van der Waals surface area contributed by atoms with Crippen LogP contribution in [-0.4, -0.2) is 55.0 Å². The Balaban J connectivity index is 1.74. The summed E-state index contributed by atoms with van der Waals surface area (Å²) in [5, 5.41) is 0. The van der Waals surface area contributed by atoms with Crippen molar-refractivity contribution < 1.29 is 9.53 Å². The lowest BCUT2D eigenvalue weighted by molar-refractivity contribution is -0.133. The molecule has 0 bridgehead atoms. The first kappa shape index (κ1) is 15.8. The predicted octanol–water partition coefficient (Wildman–Crippen LogP) is 2.24. The van der Waals surface area contributed by atoms with Gasteiger partial charge in [-0.05, 0) is 32.0 Å². The highest BCUT2D eigenvalue weighted by Crippen LogP contribution is 2.18. The zero-order valence-corrected chi connectivity index (χ0v) is 13.4. The molecule has 21 heavy (non-hydrogen) atoms. The highest BCUT2D eigenvalue weighted by Gasteiger charge is 2.19. The van der Waals surface area contributed by atoms with Gasteiger partial charge in [0.2, 0.25) is 5.91 Å². The molecule has 0 saturated carbocycles. The SMILES string of the molecule is CCN1CCN(C(=O)CCOc2ccc(C)cc2C)CC1. The fourth-order valence-corrected chi connectivity index (χ4v) is 2.68. The number of benzene rings is 1. The van der Waals surface area contributed by atoms with E-state index < -0.39 is 0 Å². The molecule has 116 valence electrons. The highest BCUT2D eigenvalue weighted by atomic mass is 16.5. The average Bonchev–Trinajstić information content (AvgIpc) is 2.49. The van der Waals surface area contributed by atoms with Gasteiger partial charge in [0.1, 0.15) is 5.75 Å². The lowest BCUT2D eigenvalue weighted by Gasteiger charge is -2.34. The summed E-state index contributed by atoms with van der Waals surface area (Å²) in [4.78, 5) is 16.5. The van der Waals surface area contributed by atoms with E-state index in [1.807, 2.05) is 24.0 Å². The van der Waals surface area contributed by atoms with Gasteiger partial charge in [0, 0.05) is 26.2 Å². The van der Waals surface area contributed by atoms with E-state index in [-0.39, 0.29) is 5.91 Å². The first-order chi connectivity index (χ1) is 10.1. The van der Waals surface area contributed by atoms with E-state index in [4.69, 9.17) is 4.74 Å². The Hall–Kier alpha value is -1.55. The van der Waals surface area contributed by atoms with E-state index >= 15 is 0 Å². The standard InChI is InChI=1S/C17H26N2O2/c1-4-18-8-10-19(11-9-18)17(20)7-12-21-16-6-5-14(2)13-15(16)3/h5-6,13H,4,7-12H2,1-3H3. The highest BCUT2D eigenvalue weighted by molar-refractivity contribution is 5.76. The minimum Gasteiger partial charge on any atom is -0.493 e. The normalized spacial score (nSPS) is 16.0. The Kier molecular flexibility index (Phi) is 5.62. The van der Waals surface area contributed by atoms with Crippen LogP contribution < -0.4 is 4.74 Å². The van der Waals surface area contributed by atoms with E-state index in [9.17, 15) is 4.79 Å². The number of nitrogens with zero attached hydrogens (tertiary/aromatic N) is 2. The number of carbonyl (C=O) groups excluding carboxylic acids is 1. The van der Waals surface area contributed by atoms with Crippen molar-refractivity contribution in [2.45, 2.75) is 27.2 Å².